The van der Waals surface area contributed by atoms with Crippen molar-refractivity contribution in [2.75, 3.05) is 11.8 Å². The number of amides is 1. The van der Waals surface area contributed by atoms with Gasteiger partial charge in [0.2, 0.25) is 6.79 Å². The minimum absolute atomic E-state index is 0.0935. The highest BCUT2D eigenvalue weighted by atomic mass is 16.7. The number of benzene rings is 3. The van der Waals surface area contributed by atoms with Crippen molar-refractivity contribution in [3.8, 4) is 28.4 Å². The van der Waals surface area contributed by atoms with Crippen LogP contribution in [0.5, 0.6) is 17.2 Å². The fraction of sp³-hybridized carbons (Fsp3) is 0.125. The van der Waals surface area contributed by atoms with Crippen molar-refractivity contribution in [1.29, 1.82) is 0 Å². The van der Waals surface area contributed by atoms with E-state index in [4.69, 9.17) is 9.47 Å². The van der Waals surface area contributed by atoms with Crippen molar-refractivity contribution in [3.63, 3.8) is 0 Å². The van der Waals surface area contributed by atoms with E-state index in [1.54, 1.807) is 55.5 Å². The van der Waals surface area contributed by atoms with Gasteiger partial charge in [-0.15, -0.1) is 0 Å². The number of carboxylic acid groups (broad SMARTS) is 1. The first kappa shape index (κ1) is 21.1. The molecule has 0 spiro atoms. The molecule has 1 unspecified atom stereocenters. The van der Waals surface area contributed by atoms with Crippen molar-refractivity contribution in [1.82, 2.24) is 0 Å². The molecular weight excluding hydrogens is 440 g/mol. The van der Waals surface area contributed by atoms with Crippen LogP contribution in [0.3, 0.4) is 0 Å². The van der Waals surface area contributed by atoms with Gasteiger partial charge in [-0.2, -0.15) is 20.3 Å². The van der Waals surface area contributed by atoms with Gasteiger partial charge in [0.1, 0.15) is 5.69 Å². The molecule has 10 heteroatoms. The Morgan fingerprint density at radius 1 is 1.09 bits per heavy atom. The number of ether oxygens (including phenoxy) is 2. The third-order valence-corrected chi connectivity index (χ3v) is 5.41. The lowest BCUT2D eigenvalue weighted by Gasteiger charge is -2.13. The maximum absolute atomic E-state index is 13.0. The molecule has 170 valence electrons. The van der Waals surface area contributed by atoms with Crippen LogP contribution in [0.25, 0.3) is 11.1 Å². The number of para-hydroxylation sites is 1. The first-order chi connectivity index (χ1) is 16.4. The Morgan fingerprint density at radius 3 is 2.71 bits per heavy atom. The largest absolute Gasteiger partial charge is 0.505 e. The Kier molecular flexibility index (Phi) is 5.17. The van der Waals surface area contributed by atoms with E-state index >= 15 is 0 Å². The third-order valence-electron chi connectivity index (χ3n) is 5.41. The lowest BCUT2D eigenvalue weighted by molar-refractivity contribution is -0.117. The number of azo groups is 1. The number of carbonyl (C=O) groups is 2. The average molecular weight is 458 g/mol. The second-order valence-electron chi connectivity index (χ2n) is 7.61. The van der Waals surface area contributed by atoms with Gasteiger partial charge in [-0.05, 0) is 42.8 Å². The summed E-state index contributed by atoms with van der Waals surface area (Å²) in [6, 6.07) is 15.2. The van der Waals surface area contributed by atoms with Gasteiger partial charge in [-0.1, -0.05) is 24.3 Å². The van der Waals surface area contributed by atoms with E-state index in [0.717, 1.165) is 0 Å². The number of anilines is 1. The number of carboxylic acids is 1. The second-order valence-corrected chi connectivity index (χ2v) is 7.61. The Labute approximate surface area is 193 Å². The normalized spacial score (nSPS) is 16.9. The first-order valence-corrected chi connectivity index (χ1v) is 10.3. The predicted molar refractivity (Wildman–Crippen MR) is 122 cm³/mol. The number of fused-ring (bicyclic) bond motifs is 1. The van der Waals surface area contributed by atoms with E-state index in [1.807, 2.05) is 0 Å². The van der Waals surface area contributed by atoms with Crippen molar-refractivity contribution in [2.45, 2.75) is 13.0 Å². The zero-order valence-corrected chi connectivity index (χ0v) is 17.9. The van der Waals surface area contributed by atoms with E-state index in [1.165, 1.54) is 17.1 Å². The third kappa shape index (κ3) is 3.71. The van der Waals surface area contributed by atoms with Crippen LogP contribution < -0.4 is 14.5 Å². The van der Waals surface area contributed by atoms with E-state index in [0.29, 0.717) is 34.0 Å². The summed E-state index contributed by atoms with van der Waals surface area (Å²) in [7, 11) is 0. The number of rotatable bonds is 5. The Hall–Kier alpha value is -4.73. The zero-order valence-electron chi connectivity index (χ0n) is 17.9. The fourth-order valence-electron chi connectivity index (χ4n) is 3.68. The molecule has 1 atom stereocenters. The monoisotopic (exact) mass is 458 g/mol. The van der Waals surface area contributed by atoms with Crippen LogP contribution in [0.1, 0.15) is 17.3 Å². The van der Waals surface area contributed by atoms with Gasteiger partial charge in [0.25, 0.3) is 5.91 Å². The van der Waals surface area contributed by atoms with Crippen LogP contribution in [-0.4, -0.2) is 40.6 Å². The molecule has 2 heterocycles. The standard InChI is InChI=1S/C24H18N4O6/c1-13-21(23(30)28(27-13)16-8-9-19-20(11-16)34-12-33-19)26-25-18-7-3-6-17(22(18)29)14-4-2-5-15(10-14)24(31)32/h2-11,21,29H,12H2,1H3,(H,31,32). The molecule has 3 aromatic rings. The van der Waals surface area contributed by atoms with Crippen LogP contribution in [0.15, 0.2) is 76.0 Å². The minimum Gasteiger partial charge on any atom is -0.505 e. The Morgan fingerprint density at radius 2 is 1.88 bits per heavy atom. The molecule has 0 aromatic heterocycles. The number of nitrogens with zero attached hydrogens (tertiary/aromatic N) is 4. The quantitative estimate of drug-likeness (QED) is 0.546. The maximum atomic E-state index is 13.0. The smallest absolute Gasteiger partial charge is 0.335 e. The lowest BCUT2D eigenvalue weighted by atomic mass is 10.0. The molecule has 0 saturated carbocycles. The van der Waals surface area contributed by atoms with Gasteiger partial charge in [-0.3, -0.25) is 4.79 Å². The number of hydrazone groups is 1. The highest BCUT2D eigenvalue weighted by molar-refractivity contribution is 6.18. The maximum Gasteiger partial charge on any atom is 0.335 e. The molecule has 2 N–H and O–H groups in total. The summed E-state index contributed by atoms with van der Waals surface area (Å²) in [6.45, 7) is 1.79. The summed E-state index contributed by atoms with van der Waals surface area (Å²) in [5, 5.41) is 33.8. The molecule has 3 aromatic carbocycles. The Balaban J connectivity index is 1.40. The van der Waals surface area contributed by atoms with E-state index in [2.05, 4.69) is 15.3 Å². The van der Waals surface area contributed by atoms with Crippen molar-refractivity contribution in [3.05, 3.63) is 66.2 Å². The molecule has 34 heavy (non-hydrogen) atoms. The van der Waals surface area contributed by atoms with Gasteiger partial charge in [-0.25, -0.2) is 4.79 Å². The number of carbonyl (C=O) groups excluding carboxylic acids is 1. The summed E-state index contributed by atoms with van der Waals surface area (Å²) in [5.41, 5.74) is 2.09. The van der Waals surface area contributed by atoms with Gasteiger partial charge < -0.3 is 19.7 Å². The molecule has 0 radical (unpaired) electrons. The summed E-state index contributed by atoms with van der Waals surface area (Å²) in [6.07, 6.45) is 0. The van der Waals surface area contributed by atoms with E-state index in [9.17, 15) is 19.8 Å². The van der Waals surface area contributed by atoms with Crippen LogP contribution >= 0.6 is 0 Å². The molecule has 0 bridgehead atoms. The molecule has 0 saturated heterocycles. The first-order valence-electron chi connectivity index (χ1n) is 10.3. The molecule has 1 amide bonds. The Bertz CT molecular complexity index is 1380. The van der Waals surface area contributed by atoms with Crippen molar-refractivity contribution < 1.29 is 29.3 Å². The van der Waals surface area contributed by atoms with Crippen LogP contribution in [0.4, 0.5) is 11.4 Å². The summed E-state index contributed by atoms with van der Waals surface area (Å²) >= 11 is 0. The predicted octanol–water partition coefficient (Wildman–Crippen LogP) is 4.36. The van der Waals surface area contributed by atoms with Crippen LogP contribution in [-0.2, 0) is 4.79 Å². The lowest BCUT2D eigenvalue weighted by Crippen LogP contribution is -2.29. The number of phenols is 1. The zero-order chi connectivity index (χ0) is 23.8. The second kappa shape index (κ2) is 8.32. The van der Waals surface area contributed by atoms with Crippen LogP contribution in [0, 0.1) is 0 Å². The number of hydrogen-bond donors (Lipinski definition) is 2. The van der Waals surface area contributed by atoms with Gasteiger partial charge >= 0.3 is 5.97 Å². The number of phenolic OH excluding ortho intramolecular Hbond substituents is 1. The average Bonchev–Trinajstić information content (AvgIpc) is 3.42. The fourth-order valence-corrected chi connectivity index (χ4v) is 3.68. The van der Waals surface area contributed by atoms with Crippen molar-refractivity contribution in [2.24, 2.45) is 15.3 Å². The molecule has 5 rings (SSSR count). The highest BCUT2D eigenvalue weighted by Crippen LogP contribution is 2.39. The molecule has 0 aliphatic carbocycles. The molecule has 0 fully saturated rings. The number of hydrogen-bond acceptors (Lipinski definition) is 8. The molecular formula is C24H18N4O6. The topological polar surface area (TPSA) is 133 Å². The van der Waals surface area contributed by atoms with Crippen molar-refractivity contribution >= 4 is 29.0 Å². The van der Waals surface area contributed by atoms with E-state index < -0.39 is 17.9 Å². The van der Waals surface area contributed by atoms with Gasteiger partial charge in [0, 0.05) is 11.6 Å². The van der Waals surface area contributed by atoms with Crippen LogP contribution in [0.2, 0.25) is 0 Å². The minimum atomic E-state index is -1.07. The number of aromatic hydroxyl groups is 1. The van der Waals surface area contributed by atoms with Gasteiger partial charge in [0.15, 0.2) is 23.3 Å². The van der Waals surface area contributed by atoms with E-state index in [-0.39, 0.29) is 23.8 Å². The summed E-state index contributed by atoms with van der Waals surface area (Å²) in [4.78, 5) is 24.3. The highest BCUT2D eigenvalue weighted by Gasteiger charge is 2.35. The summed E-state index contributed by atoms with van der Waals surface area (Å²) < 4.78 is 10.7. The summed E-state index contributed by atoms with van der Waals surface area (Å²) in [5.74, 6) is -0.529. The molecule has 2 aliphatic heterocycles. The van der Waals surface area contributed by atoms with Gasteiger partial charge in [0.05, 0.1) is 17.0 Å². The molecule has 2 aliphatic rings. The SMILES string of the molecule is CC1=NN(c2ccc3c(c2)OCO3)C(=O)C1N=Nc1cccc(-c2cccc(C(=O)O)c2)c1O. The number of aromatic carboxylic acids is 1. The molecule has 10 nitrogen and oxygen atoms in total.